The fourth-order valence-corrected chi connectivity index (χ4v) is 6.82. The lowest BCUT2D eigenvalue weighted by atomic mass is 9.76. The van der Waals surface area contributed by atoms with Crippen LogP contribution in [0, 0.1) is 17.2 Å². The van der Waals surface area contributed by atoms with E-state index in [9.17, 15) is 14.0 Å². The number of hydrogen-bond donors (Lipinski definition) is 0. The van der Waals surface area contributed by atoms with Crippen molar-refractivity contribution >= 4 is 17.6 Å². The summed E-state index contributed by atoms with van der Waals surface area (Å²) in [5.74, 6) is 0.881. The summed E-state index contributed by atoms with van der Waals surface area (Å²) in [6, 6.07) is 4.45. The lowest BCUT2D eigenvalue weighted by Gasteiger charge is -2.53. The van der Waals surface area contributed by atoms with Crippen molar-refractivity contribution in [1.82, 2.24) is 34.8 Å². The van der Waals surface area contributed by atoms with Gasteiger partial charge in [-0.25, -0.2) is 9.37 Å². The molecule has 12 heteroatoms. The number of benzene rings is 1. The number of nitrogens with zero attached hydrogens (tertiary/aromatic N) is 8. The van der Waals surface area contributed by atoms with E-state index in [0.29, 0.717) is 24.3 Å². The van der Waals surface area contributed by atoms with Crippen LogP contribution < -0.4 is 9.64 Å². The van der Waals surface area contributed by atoms with Gasteiger partial charge in [0.05, 0.1) is 5.56 Å². The quantitative estimate of drug-likeness (QED) is 0.281. The van der Waals surface area contributed by atoms with E-state index in [2.05, 4.69) is 50.8 Å². The van der Waals surface area contributed by atoms with E-state index < -0.39 is 5.82 Å². The zero-order valence-corrected chi connectivity index (χ0v) is 29.0. The van der Waals surface area contributed by atoms with Crippen molar-refractivity contribution in [2.75, 3.05) is 71.4 Å². The summed E-state index contributed by atoms with van der Waals surface area (Å²) < 4.78 is 20.5. The highest BCUT2D eigenvalue weighted by Crippen LogP contribution is 2.44. The second-order valence-electron chi connectivity index (χ2n) is 13.8. The van der Waals surface area contributed by atoms with E-state index in [0.717, 1.165) is 65.1 Å². The second kappa shape index (κ2) is 15.5. The molecule has 1 unspecified atom stereocenters. The van der Waals surface area contributed by atoms with Gasteiger partial charge in [-0.2, -0.15) is 0 Å². The van der Waals surface area contributed by atoms with Gasteiger partial charge in [0.2, 0.25) is 5.91 Å². The number of likely N-dealkylation sites (N-methyl/N-ethyl adjacent to an activating group) is 2. The van der Waals surface area contributed by atoms with Crippen LogP contribution in [0.1, 0.15) is 71.2 Å². The summed E-state index contributed by atoms with van der Waals surface area (Å²) in [5, 5.41) is 8.22. The smallest absolute Gasteiger partial charge is 0.282 e. The molecule has 0 radical (unpaired) electrons. The first-order valence-electron chi connectivity index (χ1n) is 16.7. The number of ether oxygens (including phenoxy) is 1. The third-order valence-electron chi connectivity index (χ3n) is 9.62. The van der Waals surface area contributed by atoms with Gasteiger partial charge < -0.3 is 24.3 Å². The Morgan fingerprint density at radius 3 is 2.48 bits per heavy atom. The summed E-state index contributed by atoms with van der Waals surface area (Å²) >= 11 is 0. The van der Waals surface area contributed by atoms with Gasteiger partial charge >= 0.3 is 0 Å². The minimum Gasteiger partial charge on any atom is -0.434 e. The number of hydrogen-bond acceptors (Lipinski definition) is 9. The predicted molar refractivity (Wildman–Crippen MR) is 178 cm³/mol. The molecule has 0 N–H and O–H groups in total. The third-order valence-corrected chi connectivity index (χ3v) is 9.62. The minimum atomic E-state index is -0.506. The van der Waals surface area contributed by atoms with Crippen molar-refractivity contribution in [3.8, 4) is 11.6 Å². The molecular formula is C34H53FN8O3. The Hall–Kier alpha value is -3.38. The molecule has 1 atom stereocenters. The highest BCUT2D eigenvalue weighted by Gasteiger charge is 2.50. The standard InChI is InChI=1S/C34H53FN8O3/c1-9-43(25(4)5)33(45)28-19-27(35)12-13-30(28)46-32-31(36-23-37-38-32)41-16-14-34(20-41)21-42(22-34)29(24(2)3)11-10-15-39(7)17-18-40(8)26(6)44/h12-13,19,23-25,29H,9-11,14-18,20-22H2,1-8H3. The van der Waals surface area contributed by atoms with Crippen molar-refractivity contribution in [3.05, 3.63) is 35.9 Å². The Balaban J connectivity index is 1.37. The monoisotopic (exact) mass is 640 g/mol. The van der Waals surface area contributed by atoms with Crippen LogP contribution in [0.15, 0.2) is 24.5 Å². The van der Waals surface area contributed by atoms with Crippen molar-refractivity contribution in [2.24, 2.45) is 11.3 Å². The van der Waals surface area contributed by atoms with Crippen molar-refractivity contribution in [1.29, 1.82) is 0 Å². The number of carbonyl (C=O) groups excluding carboxylic acids is 2. The van der Waals surface area contributed by atoms with Gasteiger partial charge in [-0.15, -0.1) is 10.2 Å². The number of rotatable bonds is 15. The molecule has 3 heterocycles. The summed E-state index contributed by atoms with van der Waals surface area (Å²) in [7, 11) is 3.98. The van der Waals surface area contributed by atoms with Crippen LogP contribution in [-0.4, -0.2) is 125 Å². The Bertz CT molecular complexity index is 1340. The fourth-order valence-electron chi connectivity index (χ4n) is 6.82. The van der Waals surface area contributed by atoms with Crippen LogP contribution in [-0.2, 0) is 4.79 Å². The lowest BCUT2D eigenvalue weighted by molar-refractivity contribution is -0.127. The number of halogens is 1. The Labute approximate surface area is 274 Å². The van der Waals surface area contributed by atoms with E-state index in [4.69, 9.17) is 4.74 Å². The zero-order valence-electron chi connectivity index (χ0n) is 29.0. The molecular weight excluding hydrogens is 587 g/mol. The van der Waals surface area contributed by atoms with Gasteiger partial charge in [-0.3, -0.25) is 14.5 Å². The molecule has 0 aliphatic carbocycles. The SMILES string of the molecule is CCN(C(=O)c1cc(F)ccc1Oc1nncnc1N1CCC2(C1)CN(C(CCCN(C)CCN(C)C(C)=O)C(C)C)C2)C(C)C. The number of likely N-dealkylation sites (tertiary alicyclic amines) is 1. The van der Waals surface area contributed by atoms with E-state index in [1.54, 1.807) is 16.7 Å². The van der Waals surface area contributed by atoms with Crippen LogP contribution in [0.3, 0.4) is 0 Å². The topological polar surface area (TPSA) is 98.2 Å². The molecule has 1 spiro atoms. The van der Waals surface area contributed by atoms with Crippen molar-refractivity contribution in [2.45, 2.75) is 72.9 Å². The average Bonchev–Trinajstić information content (AvgIpc) is 3.44. The van der Waals surface area contributed by atoms with Gasteiger partial charge in [0.1, 0.15) is 17.9 Å². The summed E-state index contributed by atoms with van der Waals surface area (Å²) in [6.45, 7) is 18.9. The van der Waals surface area contributed by atoms with Crippen molar-refractivity contribution in [3.63, 3.8) is 0 Å². The number of anilines is 1. The van der Waals surface area contributed by atoms with E-state index in [1.165, 1.54) is 24.5 Å². The molecule has 11 nitrogen and oxygen atoms in total. The zero-order chi connectivity index (χ0) is 33.6. The second-order valence-corrected chi connectivity index (χ2v) is 13.8. The van der Waals surface area contributed by atoms with Gasteiger partial charge in [0.15, 0.2) is 5.82 Å². The Kier molecular flexibility index (Phi) is 11.9. The lowest BCUT2D eigenvalue weighted by Crippen LogP contribution is -2.62. The molecule has 4 rings (SSSR count). The molecule has 46 heavy (non-hydrogen) atoms. The van der Waals surface area contributed by atoms with E-state index in [-0.39, 0.29) is 40.5 Å². The third kappa shape index (κ3) is 8.50. The molecule has 0 bridgehead atoms. The fraction of sp³-hybridized carbons (Fsp3) is 0.676. The van der Waals surface area contributed by atoms with Gasteiger partial charge in [0.25, 0.3) is 11.8 Å². The van der Waals surface area contributed by atoms with Gasteiger partial charge in [-0.1, -0.05) is 13.8 Å². The molecule has 2 aliphatic heterocycles. The highest BCUT2D eigenvalue weighted by atomic mass is 19.1. The number of amides is 2. The summed E-state index contributed by atoms with van der Waals surface area (Å²) in [4.78, 5) is 40.0. The first kappa shape index (κ1) is 35.5. The van der Waals surface area contributed by atoms with Crippen LogP contribution >= 0.6 is 0 Å². The van der Waals surface area contributed by atoms with Gasteiger partial charge in [-0.05, 0) is 77.7 Å². The number of aromatic nitrogens is 3. The van der Waals surface area contributed by atoms with Gasteiger partial charge in [0, 0.05) is 77.3 Å². The average molecular weight is 641 g/mol. The van der Waals surface area contributed by atoms with Crippen LogP contribution in [0.2, 0.25) is 0 Å². The molecule has 1 aromatic heterocycles. The summed E-state index contributed by atoms with van der Waals surface area (Å²) in [6.07, 6.45) is 4.72. The molecule has 2 amide bonds. The molecule has 0 saturated carbocycles. The van der Waals surface area contributed by atoms with Crippen molar-refractivity contribution < 1.29 is 18.7 Å². The molecule has 2 saturated heterocycles. The minimum absolute atomic E-state index is 0.0484. The maximum atomic E-state index is 14.3. The van der Waals surface area contributed by atoms with E-state index >= 15 is 0 Å². The molecule has 2 aromatic rings. The number of carbonyl (C=O) groups is 2. The molecule has 2 aliphatic rings. The predicted octanol–water partition coefficient (Wildman–Crippen LogP) is 4.40. The Morgan fingerprint density at radius 1 is 1.09 bits per heavy atom. The van der Waals surface area contributed by atoms with Crippen LogP contribution in [0.4, 0.5) is 10.2 Å². The first-order chi connectivity index (χ1) is 21.8. The maximum Gasteiger partial charge on any atom is 0.282 e. The molecule has 1 aromatic carbocycles. The molecule has 2 fully saturated rings. The van der Waals surface area contributed by atoms with Crippen LogP contribution in [0.25, 0.3) is 0 Å². The van der Waals surface area contributed by atoms with Crippen LogP contribution in [0.5, 0.6) is 11.6 Å². The largest absolute Gasteiger partial charge is 0.434 e. The highest BCUT2D eigenvalue weighted by molar-refractivity contribution is 5.97. The normalized spacial score (nSPS) is 16.7. The molecule has 254 valence electrons. The first-order valence-corrected chi connectivity index (χ1v) is 16.7. The maximum absolute atomic E-state index is 14.3. The Morgan fingerprint density at radius 2 is 1.83 bits per heavy atom. The van der Waals surface area contributed by atoms with E-state index in [1.807, 2.05) is 27.8 Å². The summed E-state index contributed by atoms with van der Waals surface area (Å²) in [5.41, 5.74) is 0.327.